The van der Waals surface area contributed by atoms with Crippen LogP contribution >= 0.6 is 11.8 Å². The fourth-order valence-electron chi connectivity index (χ4n) is 3.73. The molecule has 0 spiro atoms. The van der Waals surface area contributed by atoms with Crippen molar-refractivity contribution in [1.82, 2.24) is 14.8 Å². The van der Waals surface area contributed by atoms with Crippen LogP contribution in [0.25, 0.3) is 17.1 Å². The molecule has 0 aliphatic heterocycles. The lowest BCUT2D eigenvalue weighted by atomic mass is 9.87. The molecule has 0 saturated carbocycles. The molecule has 2 heterocycles. The zero-order valence-electron chi connectivity index (χ0n) is 21.5. The predicted molar refractivity (Wildman–Crippen MR) is 149 cm³/mol. The standard InChI is InChI=1S/C29H33N5OS/c1-6-35-33-28(30)24-16-17-25(36-19-21-12-14-22(15-13-21)29(3,4)5)27(31-24)26-20(2)18-34(32-26)23-10-8-7-9-11-23/h7-18H,6,19H2,1-5H3,(H2,30,33). The van der Waals surface area contributed by atoms with Crippen LogP contribution in [0.4, 0.5) is 0 Å². The first-order valence-electron chi connectivity index (χ1n) is 12.1. The fraction of sp³-hybridized carbons (Fsp3) is 0.276. The summed E-state index contributed by atoms with van der Waals surface area (Å²) in [6.45, 7) is 11.0. The molecule has 4 aromatic rings. The van der Waals surface area contributed by atoms with E-state index in [1.165, 1.54) is 11.1 Å². The molecular weight excluding hydrogens is 466 g/mol. The molecule has 2 N–H and O–H groups in total. The lowest BCUT2D eigenvalue weighted by Crippen LogP contribution is -2.16. The van der Waals surface area contributed by atoms with E-state index in [0.717, 1.165) is 33.3 Å². The van der Waals surface area contributed by atoms with E-state index in [0.29, 0.717) is 12.3 Å². The number of oxime groups is 1. The fourth-order valence-corrected chi connectivity index (χ4v) is 4.68. The molecule has 4 rings (SSSR count). The number of pyridine rings is 1. The molecule has 0 fully saturated rings. The first-order chi connectivity index (χ1) is 17.3. The Kier molecular flexibility index (Phi) is 7.79. The first-order valence-corrected chi connectivity index (χ1v) is 13.1. The largest absolute Gasteiger partial charge is 0.394 e. The SMILES string of the molecule is CCO/N=C(\N)c1ccc(SCc2ccc(C(C)(C)C)cc2)c(-c2nn(-c3ccccc3)cc2C)n1. The second-order valence-corrected chi connectivity index (χ2v) is 10.6. The van der Waals surface area contributed by atoms with Gasteiger partial charge in [0.05, 0.1) is 5.69 Å². The number of benzene rings is 2. The third-order valence-electron chi connectivity index (χ3n) is 5.77. The number of thioether (sulfide) groups is 1. The Morgan fingerprint density at radius 1 is 1.00 bits per heavy atom. The average molecular weight is 500 g/mol. The Bertz CT molecular complexity index is 1340. The molecule has 0 radical (unpaired) electrons. The Hall–Kier alpha value is -3.58. The minimum Gasteiger partial charge on any atom is -0.394 e. The van der Waals surface area contributed by atoms with Crippen molar-refractivity contribution in [3.05, 3.63) is 95.3 Å². The quantitative estimate of drug-likeness (QED) is 0.130. The van der Waals surface area contributed by atoms with Crippen LogP contribution in [-0.2, 0) is 16.0 Å². The summed E-state index contributed by atoms with van der Waals surface area (Å²) in [5, 5.41) is 8.87. The maximum atomic E-state index is 6.16. The van der Waals surface area contributed by atoms with Gasteiger partial charge in [0, 0.05) is 16.8 Å². The van der Waals surface area contributed by atoms with Crippen LogP contribution in [0, 0.1) is 6.92 Å². The van der Waals surface area contributed by atoms with Crippen molar-refractivity contribution in [3.63, 3.8) is 0 Å². The molecule has 0 aliphatic rings. The number of para-hydroxylation sites is 1. The highest BCUT2D eigenvalue weighted by Crippen LogP contribution is 2.34. The van der Waals surface area contributed by atoms with Crippen molar-refractivity contribution >= 4 is 17.6 Å². The van der Waals surface area contributed by atoms with Crippen LogP contribution < -0.4 is 5.73 Å². The first kappa shape index (κ1) is 25.5. The Labute approximate surface area is 217 Å². The van der Waals surface area contributed by atoms with Crippen LogP contribution in [-0.4, -0.2) is 27.2 Å². The number of hydrogen-bond acceptors (Lipinski definition) is 5. The molecule has 0 amide bonds. The second-order valence-electron chi connectivity index (χ2n) is 9.61. The summed E-state index contributed by atoms with van der Waals surface area (Å²) in [6, 6.07) is 22.8. The third-order valence-corrected chi connectivity index (χ3v) is 6.89. The number of aryl methyl sites for hydroxylation is 1. The van der Waals surface area contributed by atoms with Crippen LogP contribution in [0.2, 0.25) is 0 Å². The van der Waals surface area contributed by atoms with E-state index in [9.17, 15) is 0 Å². The summed E-state index contributed by atoms with van der Waals surface area (Å²) >= 11 is 1.74. The molecule has 2 aromatic carbocycles. The maximum Gasteiger partial charge on any atom is 0.188 e. The summed E-state index contributed by atoms with van der Waals surface area (Å²) in [7, 11) is 0. The molecule has 186 valence electrons. The Balaban J connectivity index is 1.69. The van der Waals surface area contributed by atoms with E-state index in [4.69, 9.17) is 20.7 Å². The number of nitrogens with two attached hydrogens (primary N) is 1. The van der Waals surface area contributed by atoms with Crippen LogP contribution in [0.3, 0.4) is 0 Å². The molecule has 0 aliphatic carbocycles. The van der Waals surface area contributed by atoms with E-state index in [2.05, 4.69) is 50.2 Å². The molecule has 0 saturated heterocycles. The topological polar surface area (TPSA) is 78.3 Å². The molecule has 36 heavy (non-hydrogen) atoms. The lowest BCUT2D eigenvalue weighted by Gasteiger charge is -2.19. The Morgan fingerprint density at radius 3 is 2.39 bits per heavy atom. The molecule has 7 heteroatoms. The number of aromatic nitrogens is 3. The molecular formula is C29H33N5OS. The van der Waals surface area contributed by atoms with Gasteiger partial charge in [0.15, 0.2) is 5.84 Å². The summed E-state index contributed by atoms with van der Waals surface area (Å²) in [5.41, 5.74) is 13.1. The van der Waals surface area contributed by atoms with E-state index < -0.39 is 0 Å². The number of hydrogen-bond donors (Lipinski definition) is 1. The highest BCUT2D eigenvalue weighted by molar-refractivity contribution is 7.98. The van der Waals surface area contributed by atoms with Gasteiger partial charge in [0.1, 0.15) is 23.7 Å². The summed E-state index contributed by atoms with van der Waals surface area (Å²) in [6.07, 6.45) is 2.02. The predicted octanol–water partition coefficient (Wildman–Crippen LogP) is 6.49. The smallest absolute Gasteiger partial charge is 0.188 e. The number of amidine groups is 1. The highest BCUT2D eigenvalue weighted by atomic mass is 32.2. The van der Waals surface area contributed by atoms with Gasteiger partial charge in [0.25, 0.3) is 0 Å². The van der Waals surface area contributed by atoms with E-state index in [1.807, 2.05) is 67.2 Å². The second kappa shape index (κ2) is 11.0. The minimum absolute atomic E-state index is 0.136. The van der Waals surface area contributed by atoms with Gasteiger partial charge in [-0.15, -0.1) is 11.8 Å². The number of nitrogens with zero attached hydrogens (tertiary/aromatic N) is 4. The molecule has 0 bridgehead atoms. The normalized spacial score (nSPS) is 12.1. The zero-order chi connectivity index (χ0) is 25.7. The molecule has 0 atom stereocenters. The van der Waals surface area contributed by atoms with Gasteiger partial charge in [-0.05, 0) is 60.2 Å². The minimum atomic E-state index is 0.136. The van der Waals surface area contributed by atoms with Crippen LogP contribution in [0.5, 0.6) is 0 Å². The van der Waals surface area contributed by atoms with Gasteiger partial charge in [-0.2, -0.15) is 5.10 Å². The Morgan fingerprint density at radius 2 is 1.72 bits per heavy atom. The molecule has 2 aromatic heterocycles. The van der Waals surface area contributed by atoms with E-state index in [-0.39, 0.29) is 11.3 Å². The lowest BCUT2D eigenvalue weighted by molar-refractivity contribution is 0.158. The van der Waals surface area contributed by atoms with Crippen molar-refractivity contribution < 1.29 is 4.84 Å². The third kappa shape index (κ3) is 5.97. The van der Waals surface area contributed by atoms with Crippen LogP contribution in [0.15, 0.2) is 83.0 Å². The highest BCUT2D eigenvalue weighted by Gasteiger charge is 2.18. The maximum absolute atomic E-state index is 6.16. The van der Waals surface area contributed by atoms with Crippen molar-refractivity contribution in [2.75, 3.05) is 6.61 Å². The molecule has 6 nitrogen and oxygen atoms in total. The monoisotopic (exact) mass is 499 g/mol. The van der Waals surface area contributed by atoms with Crippen molar-refractivity contribution in [2.24, 2.45) is 10.9 Å². The van der Waals surface area contributed by atoms with Gasteiger partial charge >= 0.3 is 0 Å². The zero-order valence-corrected chi connectivity index (χ0v) is 22.3. The van der Waals surface area contributed by atoms with Gasteiger partial charge in [-0.25, -0.2) is 9.67 Å². The van der Waals surface area contributed by atoms with Crippen molar-refractivity contribution in [3.8, 4) is 17.1 Å². The van der Waals surface area contributed by atoms with Gasteiger partial charge < -0.3 is 10.6 Å². The number of rotatable bonds is 8. The van der Waals surface area contributed by atoms with Gasteiger partial charge in [-0.1, -0.05) is 68.4 Å². The van der Waals surface area contributed by atoms with E-state index in [1.54, 1.807) is 11.8 Å². The van der Waals surface area contributed by atoms with Crippen LogP contribution in [0.1, 0.15) is 50.1 Å². The van der Waals surface area contributed by atoms with Gasteiger partial charge in [-0.3, -0.25) is 0 Å². The summed E-state index contributed by atoms with van der Waals surface area (Å²) < 4.78 is 1.89. The van der Waals surface area contributed by atoms with Crippen molar-refractivity contribution in [1.29, 1.82) is 0 Å². The molecule has 0 unspecified atom stereocenters. The van der Waals surface area contributed by atoms with Gasteiger partial charge in [0.2, 0.25) is 0 Å². The average Bonchev–Trinajstić information content (AvgIpc) is 3.27. The van der Waals surface area contributed by atoms with E-state index >= 15 is 0 Å². The summed E-state index contributed by atoms with van der Waals surface area (Å²) in [4.78, 5) is 11.1. The summed E-state index contributed by atoms with van der Waals surface area (Å²) in [5.74, 6) is 1.06. The van der Waals surface area contributed by atoms with Crippen molar-refractivity contribution in [2.45, 2.75) is 50.7 Å².